The Kier molecular flexibility index (Phi) is 1.47. The van der Waals surface area contributed by atoms with Crippen LogP contribution in [0.3, 0.4) is 0 Å². The van der Waals surface area contributed by atoms with E-state index < -0.39 is 16.4 Å². The number of nitrogens with zero attached hydrogens (tertiary/aromatic N) is 1. The van der Waals surface area contributed by atoms with E-state index >= 15 is 0 Å². The zero-order valence-electron chi connectivity index (χ0n) is 4.56. The molecule has 0 aromatic carbocycles. The molecule has 6 heteroatoms. The maximum atomic E-state index is 10.1. The van der Waals surface area contributed by atoms with E-state index in [9.17, 15) is 8.42 Å². The maximum Gasteiger partial charge on any atom is 0.336 e. The number of rotatable bonds is 1. The van der Waals surface area contributed by atoms with Gasteiger partial charge in [0.2, 0.25) is 0 Å². The van der Waals surface area contributed by atoms with Crippen LogP contribution in [0.4, 0.5) is 0 Å². The molecule has 0 saturated carbocycles. The van der Waals surface area contributed by atoms with Crippen molar-refractivity contribution >= 4 is 10.3 Å². The molecule has 0 aromatic rings. The first-order valence-electron chi connectivity index (χ1n) is 2.41. The highest BCUT2D eigenvalue weighted by Gasteiger charge is 2.32. The molecule has 54 valence electrons. The smallest absolute Gasteiger partial charge is 0.336 e. The van der Waals surface area contributed by atoms with Crippen molar-refractivity contribution in [1.29, 1.82) is 0 Å². The normalized spacial score (nSPS) is 23.8. The fourth-order valence-corrected chi connectivity index (χ4v) is 1.33. The van der Waals surface area contributed by atoms with Gasteiger partial charge in [-0.1, -0.05) is 0 Å². The molecule has 1 saturated heterocycles. The zero-order valence-corrected chi connectivity index (χ0v) is 5.37. The van der Waals surface area contributed by atoms with Crippen molar-refractivity contribution in [2.45, 2.75) is 6.10 Å². The highest BCUT2D eigenvalue weighted by atomic mass is 32.2. The summed E-state index contributed by atoms with van der Waals surface area (Å²) < 4.78 is 29.3. The minimum absolute atomic E-state index is 0.0127. The molecule has 1 fully saturated rings. The number of hydrogen-bond acceptors (Lipinski definition) is 3. The van der Waals surface area contributed by atoms with Gasteiger partial charge in [0.15, 0.2) is 0 Å². The summed E-state index contributed by atoms with van der Waals surface area (Å²) >= 11 is 0. The Morgan fingerprint density at radius 3 is 2.00 bits per heavy atom. The van der Waals surface area contributed by atoms with Gasteiger partial charge in [-0.15, -0.1) is 0 Å². The van der Waals surface area contributed by atoms with Crippen LogP contribution in [-0.2, 0) is 10.3 Å². The van der Waals surface area contributed by atoms with Gasteiger partial charge in [-0.2, -0.15) is 12.7 Å². The van der Waals surface area contributed by atoms with Crippen molar-refractivity contribution < 1.29 is 18.1 Å². The van der Waals surface area contributed by atoms with E-state index in [1.54, 1.807) is 0 Å². The van der Waals surface area contributed by atoms with E-state index in [1.165, 1.54) is 0 Å². The molecule has 5 nitrogen and oxygen atoms in total. The molecule has 0 radical (unpaired) electrons. The second-order valence-electron chi connectivity index (χ2n) is 1.95. The predicted octanol–water partition coefficient (Wildman–Crippen LogP) is -1.53. The number of hydrogen-bond donors (Lipinski definition) is 2. The summed E-state index contributed by atoms with van der Waals surface area (Å²) in [6, 6.07) is 0. The fourth-order valence-electron chi connectivity index (χ4n) is 0.605. The summed E-state index contributed by atoms with van der Waals surface area (Å²) in [5.74, 6) is 0. The van der Waals surface area contributed by atoms with Crippen LogP contribution >= 0.6 is 0 Å². The minimum Gasteiger partial charge on any atom is -0.390 e. The van der Waals surface area contributed by atoms with Crippen molar-refractivity contribution in [3.05, 3.63) is 0 Å². The van der Waals surface area contributed by atoms with Gasteiger partial charge >= 0.3 is 10.3 Å². The SMILES string of the molecule is O=S(=O)(O)N1CC(O)C1. The van der Waals surface area contributed by atoms with E-state index in [0.29, 0.717) is 0 Å². The van der Waals surface area contributed by atoms with Crippen molar-refractivity contribution in [1.82, 2.24) is 4.31 Å². The summed E-state index contributed by atoms with van der Waals surface area (Å²) in [5.41, 5.74) is 0. The molecule has 9 heavy (non-hydrogen) atoms. The maximum absolute atomic E-state index is 10.1. The lowest BCUT2D eigenvalue weighted by molar-refractivity contribution is 0.0492. The topological polar surface area (TPSA) is 77.8 Å². The van der Waals surface area contributed by atoms with Crippen LogP contribution in [0, 0.1) is 0 Å². The molecule has 0 aromatic heterocycles. The average Bonchev–Trinajstić information content (AvgIpc) is 1.55. The van der Waals surface area contributed by atoms with Crippen LogP contribution in [0.1, 0.15) is 0 Å². The van der Waals surface area contributed by atoms with E-state index in [-0.39, 0.29) is 13.1 Å². The molecule has 0 amide bonds. The third-order valence-electron chi connectivity index (χ3n) is 1.16. The quantitative estimate of drug-likeness (QED) is 0.448. The molecular formula is C3H7NO4S. The van der Waals surface area contributed by atoms with Gasteiger partial charge in [-0.25, -0.2) is 0 Å². The van der Waals surface area contributed by atoms with E-state index in [1.807, 2.05) is 0 Å². The first-order valence-corrected chi connectivity index (χ1v) is 3.80. The monoisotopic (exact) mass is 153 g/mol. The lowest BCUT2D eigenvalue weighted by Gasteiger charge is -2.31. The number of β-amino-alcohol motifs (C(OH)–C–C–N with tert-alkyl or cyclic N) is 1. The highest BCUT2D eigenvalue weighted by molar-refractivity contribution is 7.83. The molecule has 1 aliphatic rings. The van der Waals surface area contributed by atoms with Crippen molar-refractivity contribution in [3.8, 4) is 0 Å². The standard InChI is InChI=1S/C3H7NO4S/c5-3-1-4(2-3)9(6,7)8/h3,5H,1-2H2,(H,6,7,8). The Balaban J connectivity index is 2.51. The molecule has 1 rings (SSSR count). The molecule has 1 heterocycles. The van der Waals surface area contributed by atoms with Crippen LogP contribution < -0.4 is 0 Å². The Morgan fingerprint density at radius 2 is 1.89 bits per heavy atom. The first kappa shape index (κ1) is 6.94. The van der Waals surface area contributed by atoms with Gasteiger partial charge in [0.1, 0.15) is 0 Å². The van der Waals surface area contributed by atoms with Gasteiger partial charge in [0.25, 0.3) is 0 Å². The fraction of sp³-hybridized carbons (Fsp3) is 1.00. The van der Waals surface area contributed by atoms with Crippen LogP contribution in [0.2, 0.25) is 0 Å². The van der Waals surface area contributed by atoms with Gasteiger partial charge in [-0.05, 0) is 0 Å². The summed E-state index contributed by atoms with van der Waals surface area (Å²) in [4.78, 5) is 0. The van der Waals surface area contributed by atoms with Gasteiger partial charge in [-0.3, -0.25) is 4.55 Å². The molecule has 0 unspecified atom stereocenters. The third kappa shape index (κ3) is 1.39. The van der Waals surface area contributed by atoms with E-state index in [4.69, 9.17) is 9.66 Å². The van der Waals surface area contributed by atoms with Crippen molar-refractivity contribution in [2.24, 2.45) is 0 Å². The minimum atomic E-state index is -4.03. The van der Waals surface area contributed by atoms with E-state index in [2.05, 4.69) is 0 Å². The highest BCUT2D eigenvalue weighted by Crippen LogP contribution is 2.10. The molecular weight excluding hydrogens is 146 g/mol. The van der Waals surface area contributed by atoms with Crippen LogP contribution in [0.15, 0.2) is 0 Å². The Hall–Kier alpha value is -0.170. The lowest BCUT2D eigenvalue weighted by atomic mass is 10.2. The van der Waals surface area contributed by atoms with Crippen LogP contribution in [-0.4, -0.2) is 41.6 Å². The van der Waals surface area contributed by atoms with Gasteiger partial charge in [0.05, 0.1) is 6.10 Å². The van der Waals surface area contributed by atoms with Crippen molar-refractivity contribution in [2.75, 3.05) is 13.1 Å². The third-order valence-corrected chi connectivity index (χ3v) is 2.11. The zero-order chi connectivity index (χ0) is 7.07. The summed E-state index contributed by atoms with van der Waals surface area (Å²) in [7, 11) is -4.03. The Bertz CT molecular complexity index is 192. The molecule has 0 bridgehead atoms. The Labute approximate surface area is 52.8 Å². The second kappa shape index (κ2) is 1.91. The van der Waals surface area contributed by atoms with Gasteiger partial charge < -0.3 is 5.11 Å². The first-order chi connectivity index (χ1) is 4.00. The average molecular weight is 153 g/mol. The predicted molar refractivity (Wildman–Crippen MR) is 29.1 cm³/mol. The molecule has 0 spiro atoms. The summed E-state index contributed by atoms with van der Waals surface area (Å²) in [6.07, 6.45) is -0.605. The van der Waals surface area contributed by atoms with Crippen molar-refractivity contribution in [3.63, 3.8) is 0 Å². The number of aliphatic hydroxyl groups is 1. The lowest BCUT2D eigenvalue weighted by Crippen LogP contribution is -2.53. The van der Waals surface area contributed by atoms with Crippen LogP contribution in [0.25, 0.3) is 0 Å². The molecule has 1 aliphatic heterocycles. The largest absolute Gasteiger partial charge is 0.390 e. The number of aliphatic hydroxyl groups excluding tert-OH is 1. The van der Waals surface area contributed by atoms with Gasteiger partial charge in [0, 0.05) is 13.1 Å². The molecule has 0 atom stereocenters. The summed E-state index contributed by atoms with van der Waals surface area (Å²) in [6.45, 7) is 0.0255. The summed E-state index contributed by atoms with van der Waals surface area (Å²) in [5, 5.41) is 8.56. The Morgan fingerprint density at radius 1 is 1.44 bits per heavy atom. The molecule has 2 N–H and O–H groups in total. The van der Waals surface area contributed by atoms with E-state index in [0.717, 1.165) is 4.31 Å². The second-order valence-corrected chi connectivity index (χ2v) is 3.36. The molecule has 0 aliphatic carbocycles. The van der Waals surface area contributed by atoms with Crippen LogP contribution in [0.5, 0.6) is 0 Å².